The zero-order valence-electron chi connectivity index (χ0n) is 12.5. The lowest BCUT2D eigenvalue weighted by atomic mass is 10.00. The summed E-state index contributed by atoms with van der Waals surface area (Å²) in [5, 5.41) is 1.12. The molecule has 0 aliphatic carbocycles. The molecule has 0 atom stereocenters. The number of ether oxygens (including phenoxy) is 1. The quantitative estimate of drug-likeness (QED) is 0.786. The predicted octanol–water partition coefficient (Wildman–Crippen LogP) is 3.43. The van der Waals surface area contributed by atoms with E-state index in [4.69, 9.17) is 4.74 Å². The second-order valence-corrected chi connectivity index (χ2v) is 5.65. The molecule has 1 amide bonds. The van der Waals surface area contributed by atoms with E-state index in [1.807, 2.05) is 43.6 Å². The van der Waals surface area contributed by atoms with Gasteiger partial charge in [0, 0.05) is 41.8 Å². The summed E-state index contributed by atoms with van der Waals surface area (Å²) in [6.07, 6.45) is 2.01. The molecule has 2 aromatic carbocycles. The van der Waals surface area contributed by atoms with Crippen LogP contribution in [0.4, 0.5) is 0 Å². The molecule has 0 spiro atoms. The SMILES string of the molecule is COc1ccc2[nH]cc(-c3ccc4c(c3)CN(C)C4=O)c2c1. The highest BCUT2D eigenvalue weighted by molar-refractivity contribution is 6.00. The van der Waals surface area contributed by atoms with E-state index < -0.39 is 0 Å². The molecule has 1 aliphatic heterocycles. The number of aromatic nitrogens is 1. The van der Waals surface area contributed by atoms with Crippen LogP contribution in [0.25, 0.3) is 22.0 Å². The molecule has 0 bridgehead atoms. The van der Waals surface area contributed by atoms with E-state index in [0.29, 0.717) is 6.54 Å². The number of fused-ring (bicyclic) bond motifs is 2. The number of carbonyl (C=O) groups is 1. The molecule has 110 valence electrons. The molecular formula is C18H16N2O2. The third-order valence-corrected chi connectivity index (χ3v) is 4.29. The molecule has 1 aromatic heterocycles. The van der Waals surface area contributed by atoms with E-state index in [0.717, 1.165) is 38.9 Å². The number of rotatable bonds is 2. The van der Waals surface area contributed by atoms with E-state index in [-0.39, 0.29) is 5.91 Å². The Morgan fingerprint density at radius 1 is 1.14 bits per heavy atom. The van der Waals surface area contributed by atoms with Crippen molar-refractivity contribution in [2.45, 2.75) is 6.54 Å². The number of carbonyl (C=O) groups excluding carboxylic acids is 1. The number of nitrogens with zero attached hydrogens (tertiary/aromatic N) is 1. The van der Waals surface area contributed by atoms with E-state index in [9.17, 15) is 4.79 Å². The van der Waals surface area contributed by atoms with Gasteiger partial charge in [-0.2, -0.15) is 0 Å². The maximum absolute atomic E-state index is 12.0. The van der Waals surface area contributed by atoms with Gasteiger partial charge in [0.05, 0.1) is 7.11 Å². The molecule has 0 saturated heterocycles. The van der Waals surface area contributed by atoms with Gasteiger partial charge in [-0.1, -0.05) is 6.07 Å². The highest BCUT2D eigenvalue weighted by Gasteiger charge is 2.24. The van der Waals surface area contributed by atoms with Crippen LogP contribution in [0.3, 0.4) is 0 Å². The Bertz CT molecular complexity index is 895. The van der Waals surface area contributed by atoms with Crippen LogP contribution in [-0.4, -0.2) is 29.9 Å². The molecule has 0 unspecified atom stereocenters. The molecule has 0 radical (unpaired) electrons. The third kappa shape index (κ3) is 1.80. The van der Waals surface area contributed by atoms with Crippen molar-refractivity contribution in [1.29, 1.82) is 0 Å². The lowest BCUT2D eigenvalue weighted by Crippen LogP contribution is -2.17. The molecule has 3 aromatic rings. The smallest absolute Gasteiger partial charge is 0.254 e. The molecular weight excluding hydrogens is 276 g/mol. The van der Waals surface area contributed by atoms with E-state index in [1.54, 1.807) is 12.0 Å². The number of H-pyrrole nitrogens is 1. The van der Waals surface area contributed by atoms with Crippen molar-refractivity contribution in [2.75, 3.05) is 14.2 Å². The third-order valence-electron chi connectivity index (χ3n) is 4.29. The maximum atomic E-state index is 12.0. The van der Waals surface area contributed by atoms with Crippen LogP contribution in [0, 0.1) is 0 Å². The van der Waals surface area contributed by atoms with Crippen molar-refractivity contribution in [2.24, 2.45) is 0 Å². The van der Waals surface area contributed by atoms with Crippen LogP contribution in [0.15, 0.2) is 42.6 Å². The van der Waals surface area contributed by atoms with Crippen LogP contribution in [0.2, 0.25) is 0 Å². The molecule has 22 heavy (non-hydrogen) atoms. The monoisotopic (exact) mass is 292 g/mol. The van der Waals surface area contributed by atoms with Gasteiger partial charge in [-0.15, -0.1) is 0 Å². The van der Waals surface area contributed by atoms with Gasteiger partial charge in [-0.3, -0.25) is 4.79 Å². The summed E-state index contributed by atoms with van der Waals surface area (Å²) in [7, 11) is 3.50. The maximum Gasteiger partial charge on any atom is 0.254 e. The summed E-state index contributed by atoms with van der Waals surface area (Å²) >= 11 is 0. The zero-order chi connectivity index (χ0) is 15.3. The summed E-state index contributed by atoms with van der Waals surface area (Å²) in [5.41, 5.74) is 5.20. The van der Waals surface area contributed by atoms with Crippen molar-refractivity contribution >= 4 is 16.8 Å². The van der Waals surface area contributed by atoms with Crippen LogP contribution in [0.1, 0.15) is 15.9 Å². The van der Waals surface area contributed by atoms with Crippen LogP contribution >= 0.6 is 0 Å². The van der Waals surface area contributed by atoms with Crippen molar-refractivity contribution < 1.29 is 9.53 Å². The Hall–Kier alpha value is -2.75. The second-order valence-electron chi connectivity index (χ2n) is 5.65. The number of hydrogen-bond acceptors (Lipinski definition) is 2. The first-order chi connectivity index (χ1) is 10.7. The van der Waals surface area contributed by atoms with Crippen molar-refractivity contribution in [1.82, 2.24) is 9.88 Å². The van der Waals surface area contributed by atoms with Crippen molar-refractivity contribution in [3.05, 3.63) is 53.7 Å². The van der Waals surface area contributed by atoms with Gasteiger partial charge in [0.25, 0.3) is 5.91 Å². The first kappa shape index (κ1) is 13.0. The van der Waals surface area contributed by atoms with Gasteiger partial charge in [0.15, 0.2) is 0 Å². The molecule has 4 rings (SSSR count). The molecule has 2 heterocycles. The number of hydrogen-bond donors (Lipinski definition) is 1. The van der Waals surface area contributed by atoms with Gasteiger partial charge in [-0.25, -0.2) is 0 Å². The zero-order valence-corrected chi connectivity index (χ0v) is 12.5. The predicted molar refractivity (Wildman–Crippen MR) is 86.1 cm³/mol. The molecule has 0 saturated carbocycles. The minimum absolute atomic E-state index is 0.0992. The first-order valence-corrected chi connectivity index (χ1v) is 7.21. The van der Waals surface area contributed by atoms with Gasteiger partial charge in [-0.05, 0) is 41.5 Å². The van der Waals surface area contributed by atoms with E-state index >= 15 is 0 Å². The van der Waals surface area contributed by atoms with Gasteiger partial charge in [0.1, 0.15) is 5.75 Å². The summed E-state index contributed by atoms with van der Waals surface area (Å²) in [6, 6.07) is 12.0. The summed E-state index contributed by atoms with van der Waals surface area (Å²) in [6.45, 7) is 0.674. The average molecular weight is 292 g/mol. The summed E-state index contributed by atoms with van der Waals surface area (Å²) in [4.78, 5) is 17.0. The van der Waals surface area contributed by atoms with Gasteiger partial charge in [0.2, 0.25) is 0 Å². The fourth-order valence-electron chi connectivity index (χ4n) is 3.10. The average Bonchev–Trinajstić information content (AvgIpc) is 3.08. The number of benzene rings is 2. The van der Waals surface area contributed by atoms with Crippen LogP contribution in [-0.2, 0) is 6.54 Å². The van der Waals surface area contributed by atoms with Gasteiger partial charge < -0.3 is 14.6 Å². The van der Waals surface area contributed by atoms with Crippen molar-refractivity contribution in [3.63, 3.8) is 0 Å². The largest absolute Gasteiger partial charge is 0.497 e. The second kappa shape index (κ2) is 4.63. The van der Waals surface area contributed by atoms with Gasteiger partial charge >= 0.3 is 0 Å². The van der Waals surface area contributed by atoms with Crippen LogP contribution < -0.4 is 4.74 Å². The lowest BCUT2D eigenvalue weighted by molar-refractivity contribution is 0.0816. The minimum Gasteiger partial charge on any atom is -0.497 e. The fraction of sp³-hybridized carbons (Fsp3) is 0.167. The summed E-state index contributed by atoms with van der Waals surface area (Å²) < 4.78 is 5.32. The number of methoxy groups -OCH3 is 1. The standard InChI is InChI=1S/C18H16N2O2/c1-20-10-12-7-11(3-5-14(12)18(20)21)16-9-19-17-6-4-13(22-2)8-15(16)17/h3-9,19H,10H2,1-2H3. The van der Waals surface area contributed by atoms with E-state index in [2.05, 4.69) is 11.1 Å². The first-order valence-electron chi connectivity index (χ1n) is 7.21. The molecule has 4 heteroatoms. The molecule has 1 N–H and O–H groups in total. The summed E-state index contributed by atoms with van der Waals surface area (Å²) in [5.74, 6) is 0.937. The lowest BCUT2D eigenvalue weighted by Gasteiger charge is -2.05. The Kier molecular flexibility index (Phi) is 2.73. The van der Waals surface area contributed by atoms with Crippen LogP contribution in [0.5, 0.6) is 5.75 Å². The molecule has 0 fully saturated rings. The Morgan fingerprint density at radius 3 is 2.82 bits per heavy atom. The normalized spacial score (nSPS) is 13.7. The highest BCUT2D eigenvalue weighted by Crippen LogP contribution is 2.33. The fourth-order valence-corrected chi connectivity index (χ4v) is 3.10. The minimum atomic E-state index is 0.0992. The number of nitrogens with one attached hydrogen (secondary N) is 1. The topological polar surface area (TPSA) is 45.3 Å². The number of amides is 1. The van der Waals surface area contributed by atoms with E-state index in [1.165, 1.54) is 0 Å². The molecule has 4 nitrogen and oxygen atoms in total. The Balaban J connectivity index is 1.86. The Labute approximate surface area is 128 Å². The van der Waals surface area contributed by atoms with Crippen molar-refractivity contribution in [3.8, 4) is 16.9 Å². The number of aromatic amines is 1. The Morgan fingerprint density at radius 2 is 2.00 bits per heavy atom. The highest BCUT2D eigenvalue weighted by atomic mass is 16.5. The molecule has 1 aliphatic rings.